The minimum absolute atomic E-state index is 0.131. The number of carbonyl (C=O) groups excluding carboxylic acids is 2. The highest BCUT2D eigenvalue weighted by molar-refractivity contribution is 5.94. The lowest BCUT2D eigenvalue weighted by Gasteiger charge is -2.18. The summed E-state index contributed by atoms with van der Waals surface area (Å²) in [6.45, 7) is 12.4. The molecule has 0 aliphatic rings. The number of aromatic nitrogens is 3. The van der Waals surface area contributed by atoms with Crippen LogP contribution < -0.4 is 10.6 Å². The molecule has 1 aromatic rings. The van der Waals surface area contributed by atoms with Crippen molar-refractivity contribution in [2.75, 3.05) is 10.6 Å². The Bertz CT molecular complexity index is 509. The normalized spacial score (nSPS) is 12.0. The van der Waals surface area contributed by atoms with Gasteiger partial charge in [-0.3, -0.25) is 20.2 Å². The van der Waals surface area contributed by atoms with Crippen LogP contribution in [0.5, 0.6) is 0 Å². The summed E-state index contributed by atoms with van der Waals surface area (Å²) in [4.78, 5) is 36.0. The van der Waals surface area contributed by atoms with Gasteiger partial charge in [-0.1, -0.05) is 41.5 Å². The molecule has 0 bridgehead atoms. The SMILES string of the molecule is Cc1nc(NC(=O)C(C)(C)C)nc(NC(=O)C(C)(C)C)n1. The van der Waals surface area contributed by atoms with Crippen LogP contribution in [0.1, 0.15) is 47.4 Å². The number of rotatable bonds is 2. The highest BCUT2D eigenvalue weighted by Crippen LogP contribution is 2.18. The summed E-state index contributed by atoms with van der Waals surface area (Å²) in [5, 5.41) is 5.25. The van der Waals surface area contributed by atoms with Crippen LogP contribution in [0.25, 0.3) is 0 Å². The maximum Gasteiger partial charge on any atom is 0.234 e. The molecule has 0 saturated heterocycles. The molecular weight excluding hydrogens is 270 g/mol. The van der Waals surface area contributed by atoms with Gasteiger partial charge in [0, 0.05) is 10.8 Å². The van der Waals surface area contributed by atoms with Crippen LogP contribution in [0.3, 0.4) is 0 Å². The molecule has 1 heterocycles. The summed E-state index contributed by atoms with van der Waals surface area (Å²) in [6, 6.07) is 0. The molecule has 7 nitrogen and oxygen atoms in total. The van der Waals surface area contributed by atoms with E-state index < -0.39 is 10.8 Å². The first-order chi connectivity index (χ1) is 9.39. The first kappa shape index (κ1) is 17.0. The topological polar surface area (TPSA) is 96.9 Å². The number of nitrogens with zero attached hydrogens (tertiary/aromatic N) is 3. The quantitative estimate of drug-likeness (QED) is 0.870. The van der Waals surface area contributed by atoms with Crippen molar-refractivity contribution >= 4 is 23.7 Å². The van der Waals surface area contributed by atoms with Crippen LogP contribution in [0.4, 0.5) is 11.9 Å². The number of hydrogen-bond acceptors (Lipinski definition) is 5. The standard InChI is InChI=1S/C14H23N5O2/c1-8-15-11(17-9(20)13(2,3)4)19-12(16-8)18-10(21)14(5,6)7/h1-7H3,(H2,15,16,17,18,19,20,21). The van der Waals surface area contributed by atoms with Gasteiger partial charge in [0.2, 0.25) is 23.7 Å². The van der Waals surface area contributed by atoms with Crippen LogP contribution in [-0.2, 0) is 9.59 Å². The zero-order chi connectivity index (χ0) is 16.4. The van der Waals surface area contributed by atoms with E-state index in [1.165, 1.54) is 0 Å². The fourth-order valence-corrected chi connectivity index (χ4v) is 1.17. The molecule has 0 radical (unpaired) electrons. The molecule has 21 heavy (non-hydrogen) atoms. The van der Waals surface area contributed by atoms with Gasteiger partial charge in [0.15, 0.2) is 0 Å². The molecule has 0 saturated carbocycles. The molecule has 0 unspecified atom stereocenters. The fourth-order valence-electron chi connectivity index (χ4n) is 1.17. The number of nitrogens with one attached hydrogen (secondary N) is 2. The van der Waals surface area contributed by atoms with E-state index in [0.29, 0.717) is 5.82 Å². The Labute approximate surface area is 125 Å². The second-order valence-corrected chi connectivity index (χ2v) is 6.94. The maximum absolute atomic E-state index is 11.9. The Balaban J connectivity index is 2.96. The Hall–Kier alpha value is -2.05. The van der Waals surface area contributed by atoms with E-state index in [4.69, 9.17) is 0 Å². The lowest BCUT2D eigenvalue weighted by atomic mass is 9.96. The second kappa shape index (κ2) is 5.75. The van der Waals surface area contributed by atoms with Crippen molar-refractivity contribution < 1.29 is 9.59 Å². The number of aryl methyl sites for hydroxylation is 1. The van der Waals surface area contributed by atoms with Gasteiger partial charge in [-0.05, 0) is 6.92 Å². The number of amides is 2. The van der Waals surface area contributed by atoms with Crippen LogP contribution in [-0.4, -0.2) is 26.8 Å². The van der Waals surface area contributed by atoms with Gasteiger partial charge in [-0.25, -0.2) is 0 Å². The highest BCUT2D eigenvalue weighted by Gasteiger charge is 2.24. The van der Waals surface area contributed by atoms with Crippen molar-refractivity contribution in [2.45, 2.75) is 48.5 Å². The van der Waals surface area contributed by atoms with Crippen LogP contribution in [0.15, 0.2) is 0 Å². The predicted octanol–water partition coefficient (Wildman–Crippen LogP) is 2.15. The Morgan fingerprint density at radius 3 is 1.38 bits per heavy atom. The Kier molecular flexibility index (Phi) is 4.65. The van der Waals surface area contributed by atoms with Gasteiger partial charge in [0.1, 0.15) is 5.82 Å². The number of hydrogen-bond donors (Lipinski definition) is 2. The molecule has 0 spiro atoms. The van der Waals surface area contributed by atoms with Crippen LogP contribution >= 0.6 is 0 Å². The smallest absolute Gasteiger partial charge is 0.234 e. The minimum atomic E-state index is -0.560. The third kappa shape index (κ3) is 5.09. The maximum atomic E-state index is 11.9. The zero-order valence-electron chi connectivity index (χ0n) is 13.7. The van der Waals surface area contributed by atoms with Gasteiger partial charge in [-0.2, -0.15) is 15.0 Å². The summed E-state index contributed by atoms with van der Waals surface area (Å²) in [5.74, 6) is 0.263. The second-order valence-electron chi connectivity index (χ2n) is 6.94. The van der Waals surface area contributed by atoms with Crippen molar-refractivity contribution in [2.24, 2.45) is 10.8 Å². The first-order valence-corrected chi connectivity index (χ1v) is 6.75. The van der Waals surface area contributed by atoms with E-state index in [-0.39, 0.29) is 23.7 Å². The molecule has 7 heteroatoms. The zero-order valence-corrected chi connectivity index (χ0v) is 13.7. The molecule has 116 valence electrons. The monoisotopic (exact) mass is 293 g/mol. The van der Waals surface area contributed by atoms with Crippen molar-refractivity contribution in [3.05, 3.63) is 5.82 Å². The molecule has 2 N–H and O–H groups in total. The van der Waals surface area contributed by atoms with Crippen LogP contribution in [0.2, 0.25) is 0 Å². The Morgan fingerprint density at radius 2 is 1.10 bits per heavy atom. The average molecular weight is 293 g/mol. The lowest BCUT2D eigenvalue weighted by molar-refractivity contribution is -0.123. The van der Waals surface area contributed by atoms with E-state index in [1.807, 2.05) is 0 Å². The lowest BCUT2D eigenvalue weighted by Crippen LogP contribution is -2.30. The molecule has 1 rings (SSSR count). The highest BCUT2D eigenvalue weighted by atomic mass is 16.2. The van der Waals surface area contributed by atoms with Gasteiger partial charge in [0.05, 0.1) is 0 Å². The van der Waals surface area contributed by atoms with Crippen molar-refractivity contribution in [1.29, 1.82) is 0 Å². The average Bonchev–Trinajstić information content (AvgIpc) is 2.25. The first-order valence-electron chi connectivity index (χ1n) is 6.75. The number of carbonyl (C=O) groups is 2. The summed E-state index contributed by atoms with van der Waals surface area (Å²) in [6.07, 6.45) is 0. The van der Waals surface area contributed by atoms with E-state index in [2.05, 4.69) is 25.6 Å². The molecular formula is C14H23N5O2. The minimum Gasteiger partial charge on any atom is -0.294 e. The van der Waals surface area contributed by atoms with Gasteiger partial charge >= 0.3 is 0 Å². The molecule has 0 fully saturated rings. The van der Waals surface area contributed by atoms with Gasteiger partial charge in [-0.15, -0.1) is 0 Å². The van der Waals surface area contributed by atoms with Crippen LogP contribution in [0, 0.1) is 17.8 Å². The molecule has 0 aliphatic heterocycles. The molecule has 0 aliphatic carbocycles. The Morgan fingerprint density at radius 1 is 0.762 bits per heavy atom. The molecule has 0 aromatic carbocycles. The largest absolute Gasteiger partial charge is 0.294 e. The van der Waals surface area contributed by atoms with Crippen molar-refractivity contribution in [1.82, 2.24) is 15.0 Å². The van der Waals surface area contributed by atoms with Crippen molar-refractivity contribution in [3.8, 4) is 0 Å². The number of anilines is 2. The fraction of sp³-hybridized carbons (Fsp3) is 0.643. The third-order valence-electron chi connectivity index (χ3n) is 2.56. The predicted molar refractivity (Wildman–Crippen MR) is 80.7 cm³/mol. The van der Waals surface area contributed by atoms with E-state index in [9.17, 15) is 9.59 Å². The van der Waals surface area contributed by atoms with E-state index in [0.717, 1.165) is 0 Å². The van der Waals surface area contributed by atoms with E-state index >= 15 is 0 Å². The summed E-state index contributed by atoms with van der Waals surface area (Å²) < 4.78 is 0. The van der Waals surface area contributed by atoms with Gasteiger partial charge < -0.3 is 0 Å². The molecule has 2 amide bonds. The summed E-state index contributed by atoms with van der Waals surface area (Å²) in [7, 11) is 0. The summed E-state index contributed by atoms with van der Waals surface area (Å²) >= 11 is 0. The van der Waals surface area contributed by atoms with E-state index in [1.54, 1.807) is 48.5 Å². The third-order valence-corrected chi connectivity index (χ3v) is 2.56. The summed E-state index contributed by atoms with van der Waals surface area (Å²) in [5.41, 5.74) is -1.12. The molecule has 1 aromatic heterocycles. The van der Waals surface area contributed by atoms with Crippen molar-refractivity contribution in [3.63, 3.8) is 0 Å². The van der Waals surface area contributed by atoms with Gasteiger partial charge in [0.25, 0.3) is 0 Å². The molecule has 0 atom stereocenters.